The SMILES string of the molecule is Cc1ccc(CNC(C)CCCC(C)C)cc1Br. The van der Waals surface area contributed by atoms with E-state index in [2.05, 4.69) is 67.1 Å². The summed E-state index contributed by atoms with van der Waals surface area (Å²) in [4.78, 5) is 0. The second kappa shape index (κ2) is 7.96. The van der Waals surface area contributed by atoms with Crippen molar-refractivity contribution in [1.82, 2.24) is 5.32 Å². The maximum atomic E-state index is 3.60. The highest BCUT2D eigenvalue weighted by molar-refractivity contribution is 9.10. The van der Waals surface area contributed by atoms with Crippen molar-refractivity contribution in [3.63, 3.8) is 0 Å². The molecule has 0 amide bonds. The molecule has 0 fully saturated rings. The summed E-state index contributed by atoms with van der Waals surface area (Å²) < 4.78 is 1.20. The van der Waals surface area contributed by atoms with Crippen molar-refractivity contribution in [2.45, 2.75) is 59.5 Å². The number of benzene rings is 1. The van der Waals surface area contributed by atoms with Gasteiger partial charge in [0.25, 0.3) is 0 Å². The summed E-state index contributed by atoms with van der Waals surface area (Å²) in [6.45, 7) is 9.95. The van der Waals surface area contributed by atoms with Crippen LogP contribution in [0.25, 0.3) is 0 Å². The summed E-state index contributed by atoms with van der Waals surface area (Å²) >= 11 is 3.58. The molecular weight excluding hydrogens is 286 g/mol. The highest BCUT2D eigenvalue weighted by atomic mass is 79.9. The van der Waals surface area contributed by atoms with E-state index in [1.807, 2.05) is 0 Å². The summed E-state index contributed by atoms with van der Waals surface area (Å²) in [7, 11) is 0. The third-order valence-electron chi connectivity index (χ3n) is 3.31. The predicted octanol–water partition coefficient (Wildman–Crippen LogP) is 5.06. The summed E-state index contributed by atoms with van der Waals surface area (Å²) in [5, 5.41) is 3.60. The zero-order valence-electron chi connectivity index (χ0n) is 12.1. The molecule has 1 nitrogen and oxygen atoms in total. The Bertz CT molecular complexity index is 360. The van der Waals surface area contributed by atoms with Gasteiger partial charge in [-0.25, -0.2) is 0 Å². The fraction of sp³-hybridized carbons (Fsp3) is 0.625. The normalized spacial score (nSPS) is 13.0. The Morgan fingerprint density at radius 2 is 1.89 bits per heavy atom. The number of aryl methyl sites for hydroxylation is 1. The van der Waals surface area contributed by atoms with Gasteiger partial charge in [-0.15, -0.1) is 0 Å². The second-order valence-electron chi connectivity index (χ2n) is 5.69. The van der Waals surface area contributed by atoms with Crippen molar-refractivity contribution in [2.24, 2.45) is 5.92 Å². The van der Waals surface area contributed by atoms with Crippen LogP contribution >= 0.6 is 15.9 Å². The summed E-state index contributed by atoms with van der Waals surface area (Å²) in [5.41, 5.74) is 2.65. The Morgan fingerprint density at radius 1 is 1.17 bits per heavy atom. The average molecular weight is 312 g/mol. The largest absolute Gasteiger partial charge is 0.310 e. The molecule has 0 aliphatic heterocycles. The van der Waals surface area contributed by atoms with Crippen LogP contribution in [-0.2, 0) is 6.54 Å². The number of hydrogen-bond acceptors (Lipinski definition) is 1. The highest BCUT2D eigenvalue weighted by Gasteiger charge is 2.03. The fourth-order valence-corrected chi connectivity index (χ4v) is 2.40. The Hall–Kier alpha value is -0.340. The van der Waals surface area contributed by atoms with Crippen LogP contribution in [0.2, 0.25) is 0 Å². The summed E-state index contributed by atoms with van der Waals surface area (Å²) in [6, 6.07) is 7.19. The lowest BCUT2D eigenvalue weighted by Crippen LogP contribution is -2.25. The van der Waals surface area contributed by atoms with E-state index in [-0.39, 0.29) is 0 Å². The van der Waals surface area contributed by atoms with Gasteiger partial charge in [0.05, 0.1) is 0 Å². The Kier molecular flexibility index (Phi) is 6.95. The maximum Gasteiger partial charge on any atom is 0.0208 e. The molecule has 102 valence electrons. The zero-order valence-corrected chi connectivity index (χ0v) is 13.7. The lowest BCUT2D eigenvalue weighted by molar-refractivity contribution is 0.457. The van der Waals surface area contributed by atoms with Crippen molar-refractivity contribution in [1.29, 1.82) is 0 Å². The summed E-state index contributed by atoms with van der Waals surface area (Å²) in [5.74, 6) is 0.824. The van der Waals surface area contributed by atoms with Gasteiger partial charge in [-0.1, -0.05) is 54.8 Å². The molecule has 0 saturated carbocycles. The van der Waals surface area contributed by atoms with Crippen LogP contribution in [0.1, 0.15) is 51.2 Å². The van der Waals surface area contributed by atoms with E-state index < -0.39 is 0 Å². The molecule has 0 aromatic heterocycles. The first-order valence-corrected chi connectivity index (χ1v) is 7.76. The van der Waals surface area contributed by atoms with Crippen molar-refractivity contribution in [3.05, 3.63) is 33.8 Å². The summed E-state index contributed by atoms with van der Waals surface area (Å²) in [6.07, 6.45) is 3.93. The molecule has 0 aliphatic carbocycles. The number of nitrogens with one attached hydrogen (secondary N) is 1. The van der Waals surface area contributed by atoms with Crippen LogP contribution in [0.15, 0.2) is 22.7 Å². The van der Waals surface area contributed by atoms with Gasteiger partial charge < -0.3 is 5.32 Å². The van der Waals surface area contributed by atoms with Crippen molar-refractivity contribution in [2.75, 3.05) is 0 Å². The van der Waals surface area contributed by atoms with Gasteiger partial charge in [-0.3, -0.25) is 0 Å². The first-order valence-electron chi connectivity index (χ1n) is 6.97. The Labute approximate surface area is 120 Å². The Balaban J connectivity index is 2.29. The molecule has 1 unspecified atom stereocenters. The maximum absolute atomic E-state index is 3.60. The topological polar surface area (TPSA) is 12.0 Å². The molecule has 1 atom stereocenters. The van der Waals surface area contributed by atoms with E-state index in [1.165, 1.54) is 34.9 Å². The molecule has 0 aliphatic rings. The molecule has 18 heavy (non-hydrogen) atoms. The number of hydrogen-bond donors (Lipinski definition) is 1. The number of halogens is 1. The van der Waals surface area contributed by atoms with Gasteiger partial charge in [0.2, 0.25) is 0 Å². The van der Waals surface area contributed by atoms with Crippen LogP contribution < -0.4 is 5.32 Å². The zero-order chi connectivity index (χ0) is 13.5. The first kappa shape index (κ1) is 15.7. The standard InChI is InChI=1S/C16H26BrN/c1-12(2)6-5-7-14(4)18-11-15-9-8-13(3)16(17)10-15/h8-10,12,14,18H,5-7,11H2,1-4H3. The third kappa shape index (κ3) is 6.01. The molecule has 1 aromatic rings. The molecule has 1 rings (SSSR count). The third-order valence-corrected chi connectivity index (χ3v) is 4.16. The van der Waals surface area contributed by atoms with Gasteiger partial charge in [0.15, 0.2) is 0 Å². The first-order chi connectivity index (χ1) is 8.49. The predicted molar refractivity (Wildman–Crippen MR) is 83.9 cm³/mol. The minimum atomic E-state index is 0.601. The minimum Gasteiger partial charge on any atom is -0.310 e. The molecule has 0 saturated heterocycles. The van der Waals surface area contributed by atoms with Gasteiger partial charge in [-0.2, -0.15) is 0 Å². The van der Waals surface area contributed by atoms with Crippen molar-refractivity contribution in [3.8, 4) is 0 Å². The lowest BCUT2D eigenvalue weighted by Gasteiger charge is -2.15. The quantitative estimate of drug-likeness (QED) is 0.742. The smallest absolute Gasteiger partial charge is 0.0208 e. The van der Waals surface area contributed by atoms with E-state index >= 15 is 0 Å². The van der Waals surface area contributed by atoms with Crippen molar-refractivity contribution < 1.29 is 0 Å². The monoisotopic (exact) mass is 311 g/mol. The van der Waals surface area contributed by atoms with Gasteiger partial charge in [0.1, 0.15) is 0 Å². The van der Waals surface area contributed by atoms with E-state index in [0.29, 0.717) is 6.04 Å². The minimum absolute atomic E-state index is 0.601. The Morgan fingerprint density at radius 3 is 2.50 bits per heavy atom. The van der Waals surface area contributed by atoms with Crippen LogP contribution in [0.3, 0.4) is 0 Å². The van der Waals surface area contributed by atoms with E-state index in [4.69, 9.17) is 0 Å². The lowest BCUT2D eigenvalue weighted by atomic mass is 10.0. The average Bonchev–Trinajstić information content (AvgIpc) is 2.30. The molecule has 1 aromatic carbocycles. The fourth-order valence-electron chi connectivity index (χ4n) is 1.97. The van der Waals surface area contributed by atoms with E-state index in [0.717, 1.165) is 12.5 Å². The van der Waals surface area contributed by atoms with Gasteiger partial charge >= 0.3 is 0 Å². The van der Waals surface area contributed by atoms with Crippen molar-refractivity contribution >= 4 is 15.9 Å². The molecule has 0 bridgehead atoms. The number of rotatable bonds is 7. The van der Waals surface area contributed by atoms with Crippen LogP contribution in [0.5, 0.6) is 0 Å². The molecule has 1 N–H and O–H groups in total. The second-order valence-corrected chi connectivity index (χ2v) is 6.54. The molecule has 0 heterocycles. The molecule has 2 heteroatoms. The van der Waals surface area contributed by atoms with Crippen LogP contribution in [0, 0.1) is 12.8 Å². The molecule has 0 radical (unpaired) electrons. The molecular formula is C16H26BrN. The van der Waals surface area contributed by atoms with E-state index in [9.17, 15) is 0 Å². The van der Waals surface area contributed by atoms with Crippen LogP contribution in [-0.4, -0.2) is 6.04 Å². The van der Waals surface area contributed by atoms with Crippen LogP contribution in [0.4, 0.5) is 0 Å². The van der Waals surface area contributed by atoms with E-state index in [1.54, 1.807) is 0 Å². The molecule has 0 spiro atoms. The highest BCUT2D eigenvalue weighted by Crippen LogP contribution is 2.17. The van der Waals surface area contributed by atoms with Gasteiger partial charge in [-0.05, 0) is 43.4 Å². The van der Waals surface area contributed by atoms with Gasteiger partial charge in [0, 0.05) is 17.1 Å².